The molecule has 3 rings (SSSR count). The van der Waals surface area contributed by atoms with Crippen LogP contribution in [0.2, 0.25) is 0 Å². The number of amides is 1. The van der Waals surface area contributed by atoms with E-state index in [0.717, 1.165) is 32.5 Å². The van der Waals surface area contributed by atoms with Gasteiger partial charge in [-0.05, 0) is 71.7 Å². The van der Waals surface area contributed by atoms with Crippen molar-refractivity contribution < 1.29 is 9.53 Å². The molecule has 1 atom stereocenters. The highest BCUT2D eigenvalue weighted by atomic mass is 16.6. The maximum absolute atomic E-state index is 12.4. The van der Waals surface area contributed by atoms with Crippen LogP contribution in [-0.2, 0) is 17.8 Å². The summed E-state index contributed by atoms with van der Waals surface area (Å²) < 4.78 is 7.90. The second-order valence-corrected chi connectivity index (χ2v) is 8.10. The molecule has 1 aromatic heterocycles. The fourth-order valence-electron chi connectivity index (χ4n) is 3.75. The summed E-state index contributed by atoms with van der Waals surface area (Å²) in [5, 5.41) is 0. The normalized spacial score (nSPS) is 22.3. The molecule has 1 aromatic rings. The molecule has 2 aliphatic heterocycles. The minimum absolute atomic E-state index is 0.168. The number of hydrogen-bond donors (Lipinski definition) is 0. The summed E-state index contributed by atoms with van der Waals surface area (Å²) in [6.07, 6.45) is 6.73. The summed E-state index contributed by atoms with van der Waals surface area (Å²) >= 11 is 0. The lowest BCUT2D eigenvalue weighted by Crippen LogP contribution is -2.41. The van der Waals surface area contributed by atoms with E-state index in [2.05, 4.69) is 27.8 Å². The molecule has 1 amide bonds. The van der Waals surface area contributed by atoms with Crippen LogP contribution in [-0.4, -0.2) is 51.7 Å². The average molecular weight is 333 g/mol. The molecule has 0 bridgehead atoms. The third-order valence-electron chi connectivity index (χ3n) is 4.92. The van der Waals surface area contributed by atoms with E-state index in [1.54, 1.807) is 0 Å². The molecule has 0 aromatic carbocycles. The number of hydrogen-bond acceptors (Lipinski definition) is 3. The third kappa shape index (κ3) is 4.32. The van der Waals surface area contributed by atoms with Crippen molar-refractivity contribution in [3.05, 3.63) is 24.0 Å². The van der Waals surface area contributed by atoms with Crippen molar-refractivity contribution in [2.24, 2.45) is 0 Å². The van der Waals surface area contributed by atoms with Gasteiger partial charge in [0.15, 0.2) is 0 Å². The highest BCUT2D eigenvalue weighted by Gasteiger charge is 2.32. The summed E-state index contributed by atoms with van der Waals surface area (Å²) in [5.74, 6) is 0. The van der Waals surface area contributed by atoms with Gasteiger partial charge in [-0.15, -0.1) is 0 Å². The lowest BCUT2D eigenvalue weighted by atomic mass is 10.2. The molecule has 0 saturated carbocycles. The Balaban J connectivity index is 1.62. The summed E-state index contributed by atoms with van der Waals surface area (Å²) in [5.41, 5.74) is 0.923. The zero-order valence-corrected chi connectivity index (χ0v) is 15.3. The van der Waals surface area contributed by atoms with Crippen molar-refractivity contribution in [2.45, 2.75) is 71.2 Å². The predicted octanol–water partition coefficient (Wildman–Crippen LogP) is 3.48. The number of aromatic nitrogens is 1. The van der Waals surface area contributed by atoms with Crippen LogP contribution < -0.4 is 0 Å². The first-order valence-electron chi connectivity index (χ1n) is 9.28. The second-order valence-electron chi connectivity index (χ2n) is 8.10. The van der Waals surface area contributed by atoms with E-state index in [9.17, 15) is 4.79 Å². The van der Waals surface area contributed by atoms with Crippen molar-refractivity contribution in [2.75, 3.05) is 19.6 Å². The van der Waals surface area contributed by atoms with Gasteiger partial charge < -0.3 is 14.2 Å². The van der Waals surface area contributed by atoms with Crippen LogP contribution in [0, 0.1) is 0 Å². The van der Waals surface area contributed by atoms with E-state index >= 15 is 0 Å². The van der Waals surface area contributed by atoms with Gasteiger partial charge in [-0.2, -0.15) is 0 Å². The molecule has 5 nitrogen and oxygen atoms in total. The van der Waals surface area contributed by atoms with Crippen LogP contribution in [0.4, 0.5) is 4.79 Å². The smallest absolute Gasteiger partial charge is 0.410 e. The third-order valence-corrected chi connectivity index (χ3v) is 4.92. The molecular formula is C19H31N3O2. The summed E-state index contributed by atoms with van der Waals surface area (Å²) in [6.45, 7) is 10.9. The molecule has 0 spiro atoms. The molecule has 3 heterocycles. The van der Waals surface area contributed by atoms with Gasteiger partial charge in [0.1, 0.15) is 5.60 Å². The Morgan fingerprint density at radius 2 is 1.96 bits per heavy atom. The van der Waals surface area contributed by atoms with E-state index in [0.29, 0.717) is 0 Å². The quantitative estimate of drug-likeness (QED) is 0.846. The highest BCUT2D eigenvalue weighted by Crippen LogP contribution is 2.23. The van der Waals surface area contributed by atoms with Gasteiger partial charge in [0.2, 0.25) is 0 Å². The van der Waals surface area contributed by atoms with E-state index in [4.69, 9.17) is 4.74 Å². The molecule has 0 radical (unpaired) electrons. The van der Waals surface area contributed by atoms with Gasteiger partial charge in [-0.3, -0.25) is 4.90 Å². The Labute approximate surface area is 145 Å². The first-order valence-corrected chi connectivity index (χ1v) is 9.28. The SMILES string of the molecule is CC(C)(C)OC(=O)N1CCC[C@H]1Cn1cccc1CN1CCCC1. The number of likely N-dealkylation sites (tertiary alicyclic amines) is 2. The molecule has 2 aliphatic rings. The summed E-state index contributed by atoms with van der Waals surface area (Å²) in [4.78, 5) is 16.9. The fraction of sp³-hybridized carbons (Fsp3) is 0.737. The Kier molecular flexibility index (Phi) is 5.18. The van der Waals surface area contributed by atoms with Crippen LogP contribution >= 0.6 is 0 Å². The van der Waals surface area contributed by atoms with Crippen LogP contribution in [0.1, 0.15) is 52.1 Å². The topological polar surface area (TPSA) is 37.7 Å². The van der Waals surface area contributed by atoms with Gasteiger partial charge in [0, 0.05) is 31.5 Å². The number of ether oxygens (including phenoxy) is 1. The Hall–Kier alpha value is -1.49. The predicted molar refractivity (Wildman–Crippen MR) is 94.9 cm³/mol. The maximum atomic E-state index is 12.4. The maximum Gasteiger partial charge on any atom is 0.410 e. The standard InChI is InChI=1S/C19H31N3O2/c1-19(2,3)24-18(23)22-13-7-9-17(22)15-21-12-6-8-16(21)14-20-10-4-5-11-20/h6,8,12,17H,4-5,7,9-11,13-15H2,1-3H3/t17-/m0/s1. The number of nitrogens with zero attached hydrogens (tertiary/aromatic N) is 3. The molecule has 2 fully saturated rings. The highest BCUT2D eigenvalue weighted by molar-refractivity contribution is 5.68. The van der Waals surface area contributed by atoms with Gasteiger partial charge in [0.05, 0.1) is 6.04 Å². The van der Waals surface area contributed by atoms with Crippen molar-refractivity contribution in [3.8, 4) is 0 Å². The molecule has 0 aliphatic carbocycles. The number of carbonyl (C=O) groups is 1. The molecular weight excluding hydrogens is 302 g/mol. The summed E-state index contributed by atoms with van der Waals surface area (Å²) in [6, 6.07) is 4.58. The molecule has 134 valence electrons. The van der Waals surface area contributed by atoms with Crippen LogP contribution in [0.3, 0.4) is 0 Å². The molecule has 24 heavy (non-hydrogen) atoms. The van der Waals surface area contributed by atoms with E-state index in [-0.39, 0.29) is 12.1 Å². The summed E-state index contributed by atoms with van der Waals surface area (Å²) in [7, 11) is 0. The van der Waals surface area contributed by atoms with Gasteiger partial charge in [0.25, 0.3) is 0 Å². The van der Waals surface area contributed by atoms with Crippen molar-refractivity contribution >= 4 is 6.09 Å². The lowest BCUT2D eigenvalue weighted by molar-refractivity contribution is 0.0213. The first-order chi connectivity index (χ1) is 11.4. The minimum atomic E-state index is -0.432. The van der Waals surface area contributed by atoms with E-state index in [1.807, 2.05) is 25.7 Å². The largest absolute Gasteiger partial charge is 0.444 e. The average Bonchev–Trinajstić information content (AvgIpc) is 3.21. The van der Waals surface area contributed by atoms with E-state index < -0.39 is 5.60 Å². The van der Waals surface area contributed by atoms with Crippen molar-refractivity contribution in [1.82, 2.24) is 14.4 Å². The molecule has 0 N–H and O–H groups in total. The minimum Gasteiger partial charge on any atom is -0.444 e. The first kappa shape index (κ1) is 17.3. The van der Waals surface area contributed by atoms with Gasteiger partial charge >= 0.3 is 6.09 Å². The van der Waals surface area contributed by atoms with Crippen molar-refractivity contribution in [1.29, 1.82) is 0 Å². The zero-order chi connectivity index (χ0) is 17.2. The monoisotopic (exact) mass is 333 g/mol. The van der Waals surface area contributed by atoms with E-state index in [1.165, 1.54) is 31.6 Å². The Morgan fingerprint density at radius 1 is 1.21 bits per heavy atom. The van der Waals surface area contributed by atoms with Crippen LogP contribution in [0.15, 0.2) is 18.3 Å². The Bertz CT molecular complexity index is 555. The van der Waals surface area contributed by atoms with Crippen LogP contribution in [0.5, 0.6) is 0 Å². The molecule has 5 heteroatoms. The second kappa shape index (κ2) is 7.18. The fourth-order valence-corrected chi connectivity index (χ4v) is 3.75. The lowest BCUT2D eigenvalue weighted by Gasteiger charge is -2.29. The van der Waals surface area contributed by atoms with Gasteiger partial charge in [-0.1, -0.05) is 0 Å². The number of rotatable bonds is 4. The molecule has 2 saturated heterocycles. The molecule has 0 unspecified atom stereocenters. The van der Waals surface area contributed by atoms with Gasteiger partial charge in [-0.25, -0.2) is 4.79 Å². The van der Waals surface area contributed by atoms with Crippen molar-refractivity contribution in [3.63, 3.8) is 0 Å². The Morgan fingerprint density at radius 3 is 2.67 bits per heavy atom. The van der Waals surface area contributed by atoms with Crippen LogP contribution in [0.25, 0.3) is 0 Å². The zero-order valence-electron chi connectivity index (χ0n) is 15.3. The number of carbonyl (C=O) groups excluding carboxylic acids is 1.